The van der Waals surface area contributed by atoms with E-state index in [2.05, 4.69) is 5.32 Å². The number of hydrogen-bond donors (Lipinski definition) is 1. The van der Waals surface area contributed by atoms with Gasteiger partial charge in [-0.25, -0.2) is 0 Å². The number of alkyl halides is 3. The second-order valence-electron chi connectivity index (χ2n) is 1.86. The largest absolute Gasteiger partial charge is 0.454 e. The topological polar surface area (TPSA) is 29.1 Å². The number of allylic oxidation sites excluding steroid dienone is 2. The van der Waals surface area contributed by atoms with Crippen LogP contribution in [0.1, 0.15) is 6.92 Å². The van der Waals surface area contributed by atoms with Gasteiger partial charge >= 0.3 is 6.18 Å². The molecule has 0 radical (unpaired) electrons. The van der Waals surface area contributed by atoms with Gasteiger partial charge in [-0.2, -0.15) is 13.2 Å². The summed E-state index contributed by atoms with van der Waals surface area (Å²) < 4.78 is 34.5. The van der Waals surface area contributed by atoms with E-state index in [1.54, 1.807) is 13.0 Å². The van der Waals surface area contributed by atoms with Gasteiger partial charge in [-0.3, -0.25) is 4.79 Å². The number of carbonyl (C=O) groups is 1. The molecule has 0 amide bonds. The highest BCUT2D eigenvalue weighted by atomic mass is 19.4. The lowest BCUT2D eigenvalue weighted by Crippen LogP contribution is -2.20. The second-order valence-corrected chi connectivity index (χ2v) is 1.86. The highest BCUT2D eigenvalue weighted by Gasteiger charge is 2.35. The summed E-state index contributed by atoms with van der Waals surface area (Å²) in [6.07, 6.45) is -0.438. The third kappa shape index (κ3) is 4.54. The standard InChI is InChI=1S/C7H8F3NO/c1-2-4-11-5-3-6(12)7(8,9)10/h2-5,11H,1H3. The summed E-state index contributed by atoms with van der Waals surface area (Å²) in [6.45, 7) is 1.69. The minimum absolute atomic E-state index is 0.431. The summed E-state index contributed by atoms with van der Waals surface area (Å²) in [4.78, 5) is 10.2. The highest BCUT2D eigenvalue weighted by molar-refractivity contribution is 5.94. The SMILES string of the molecule is CC=CNC=CC(=O)C(F)(F)F. The van der Waals surface area contributed by atoms with E-state index in [-0.39, 0.29) is 0 Å². The van der Waals surface area contributed by atoms with E-state index in [0.29, 0.717) is 6.08 Å². The normalized spacial score (nSPS) is 12.7. The van der Waals surface area contributed by atoms with Crippen molar-refractivity contribution in [1.29, 1.82) is 0 Å². The summed E-state index contributed by atoms with van der Waals surface area (Å²) >= 11 is 0. The van der Waals surface area contributed by atoms with Crippen LogP contribution in [0.5, 0.6) is 0 Å². The minimum Gasteiger partial charge on any atom is -0.368 e. The molecule has 2 nitrogen and oxygen atoms in total. The predicted octanol–water partition coefficient (Wildman–Crippen LogP) is 1.75. The molecule has 0 aliphatic heterocycles. The van der Waals surface area contributed by atoms with Crippen molar-refractivity contribution in [1.82, 2.24) is 5.32 Å². The molecular formula is C7H8F3NO. The first-order valence-corrected chi connectivity index (χ1v) is 3.13. The third-order valence-electron chi connectivity index (χ3n) is 0.873. The van der Waals surface area contributed by atoms with Crippen molar-refractivity contribution in [3.8, 4) is 0 Å². The Kier molecular flexibility index (Phi) is 4.10. The number of ketones is 1. The van der Waals surface area contributed by atoms with Crippen molar-refractivity contribution in [2.75, 3.05) is 0 Å². The van der Waals surface area contributed by atoms with Gasteiger partial charge in [0.2, 0.25) is 0 Å². The zero-order valence-corrected chi connectivity index (χ0v) is 6.35. The van der Waals surface area contributed by atoms with Crippen molar-refractivity contribution < 1.29 is 18.0 Å². The fourth-order valence-corrected chi connectivity index (χ4v) is 0.370. The highest BCUT2D eigenvalue weighted by Crippen LogP contribution is 2.15. The molecule has 0 spiro atoms. The van der Waals surface area contributed by atoms with Gasteiger partial charge in [-0.05, 0) is 13.1 Å². The molecule has 68 valence electrons. The van der Waals surface area contributed by atoms with E-state index in [1.807, 2.05) is 0 Å². The average molecular weight is 179 g/mol. The molecule has 0 bridgehead atoms. The molecule has 12 heavy (non-hydrogen) atoms. The van der Waals surface area contributed by atoms with Gasteiger partial charge in [0.15, 0.2) is 0 Å². The lowest BCUT2D eigenvalue weighted by Gasteiger charge is -1.98. The second kappa shape index (κ2) is 4.58. The zero-order valence-electron chi connectivity index (χ0n) is 6.35. The Bertz CT molecular complexity index is 205. The summed E-state index contributed by atoms with van der Waals surface area (Å²) in [5.41, 5.74) is 0. The molecule has 0 atom stereocenters. The van der Waals surface area contributed by atoms with E-state index < -0.39 is 12.0 Å². The molecule has 0 heterocycles. The maximum atomic E-state index is 11.5. The van der Waals surface area contributed by atoms with E-state index in [1.165, 1.54) is 6.20 Å². The van der Waals surface area contributed by atoms with E-state index in [9.17, 15) is 18.0 Å². The first kappa shape index (κ1) is 10.7. The molecule has 0 rings (SSSR count). The van der Waals surface area contributed by atoms with Crippen molar-refractivity contribution >= 4 is 5.78 Å². The molecule has 0 fully saturated rings. The van der Waals surface area contributed by atoms with Crippen molar-refractivity contribution in [2.45, 2.75) is 13.1 Å². The van der Waals surface area contributed by atoms with Gasteiger partial charge < -0.3 is 5.32 Å². The van der Waals surface area contributed by atoms with Crippen LogP contribution in [0.15, 0.2) is 24.6 Å². The summed E-state index contributed by atoms with van der Waals surface area (Å²) in [5.74, 6) is -1.88. The van der Waals surface area contributed by atoms with Crippen LogP contribution in [-0.4, -0.2) is 12.0 Å². The Morgan fingerprint density at radius 3 is 2.33 bits per heavy atom. The Morgan fingerprint density at radius 2 is 1.92 bits per heavy atom. The minimum atomic E-state index is -4.78. The fraction of sp³-hybridized carbons (Fsp3) is 0.286. The van der Waals surface area contributed by atoms with Crippen molar-refractivity contribution in [2.24, 2.45) is 0 Å². The molecule has 0 saturated carbocycles. The van der Waals surface area contributed by atoms with Crippen LogP contribution >= 0.6 is 0 Å². The quantitative estimate of drug-likeness (QED) is 0.669. The summed E-state index contributed by atoms with van der Waals surface area (Å²) in [7, 11) is 0. The predicted molar refractivity (Wildman–Crippen MR) is 38.2 cm³/mol. The maximum absolute atomic E-state index is 11.5. The van der Waals surface area contributed by atoms with Gasteiger partial charge in [0, 0.05) is 12.3 Å². The van der Waals surface area contributed by atoms with Crippen LogP contribution in [0.2, 0.25) is 0 Å². The maximum Gasteiger partial charge on any atom is 0.454 e. The van der Waals surface area contributed by atoms with E-state index in [4.69, 9.17) is 0 Å². The average Bonchev–Trinajstić information content (AvgIpc) is 1.96. The van der Waals surface area contributed by atoms with E-state index in [0.717, 1.165) is 6.20 Å². The first-order chi connectivity index (χ1) is 5.48. The molecule has 0 saturated heterocycles. The third-order valence-corrected chi connectivity index (χ3v) is 0.873. The van der Waals surface area contributed by atoms with Crippen LogP contribution in [-0.2, 0) is 4.79 Å². The molecule has 0 aliphatic carbocycles. The molecule has 0 aliphatic rings. The van der Waals surface area contributed by atoms with Crippen molar-refractivity contribution in [3.63, 3.8) is 0 Å². The molecule has 1 N–H and O–H groups in total. The Balaban J connectivity index is 3.93. The molecule has 0 aromatic heterocycles. The summed E-state index contributed by atoms with van der Waals surface area (Å²) in [5, 5.41) is 2.36. The van der Waals surface area contributed by atoms with Gasteiger partial charge in [0.1, 0.15) is 0 Å². The van der Waals surface area contributed by atoms with Crippen LogP contribution in [0.3, 0.4) is 0 Å². The fourth-order valence-electron chi connectivity index (χ4n) is 0.370. The van der Waals surface area contributed by atoms with Crippen LogP contribution in [0.4, 0.5) is 13.2 Å². The Hall–Kier alpha value is -1.26. The monoisotopic (exact) mass is 179 g/mol. The van der Waals surface area contributed by atoms with Crippen molar-refractivity contribution in [3.05, 3.63) is 24.6 Å². The number of rotatable bonds is 3. The van der Waals surface area contributed by atoms with Gasteiger partial charge in [0.05, 0.1) is 0 Å². The van der Waals surface area contributed by atoms with Crippen LogP contribution in [0, 0.1) is 0 Å². The molecule has 0 aromatic carbocycles. The molecule has 5 heteroatoms. The number of hydrogen-bond acceptors (Lipinski definition) is 2. The smallest absolute Gasteiger partial charge is 0.368 e. The number of halogens is 3. The Morgan fingerprint density at radius 1 is 1.33 bits per heavy atom. The van der Waals surface area contributed by atoms with Crippen LogP contribution < -0.4 is 5.32 Å². The first-order valence-electron chi connectivity index (χ1n) is 3.13. The molecule has 0 unspecified atom stereocenters. The van der Waals surface area contributed by atoms with Gasteiger partial charge in [-0.1, -0.05) is 6.08 Å². The summed E-state index contributed by atoms with van der Waals surface area (Å²) in [6, 6.07) is 0. The molecular weight excluding hydrogens is 171 g/mol. The van der Waals surface area contributed by atoms with E-state index >= 15 is 0 Å². The lowest BCUT2D eigenvalue weighted by molar-refractivity contribution is -0.165. The number of nitrogens with one attached hydrogen (secondary N) is 1. The van der Waals surface area contributed by atoms with Crippen LogP contribution in [0.25, 0.3) is 0 Å². The van der Waals surface area contributed by atoms with Gasteiger partial charge in [-0.15, -0.1) is 0 Å². The number of carbonyl (C=O) groups excluding carboxylic acids is 1. The molecule has 0 aromatic rings. The zero-order chi connectivity index (χ0) is 9.61. The van der Waals surface area contributed by atoms with Gasteiger partial charge in [0.25, 0.3) is 5.78 Å². The lowest BCUT2D eigenvalue weighted by atomic mass is 10.4. The Labute approximate surface area is 67.8 Å².